The molecule has 0 saturated heterocycles. The fraction of sp³-hybridized carbons (Fsp3) is 1.00. The molecule has 84 valence electrons. The molecular formula is C2BrClF8S. The molecule has 0 rings (SSSR count). The lowest BCUT2D eigenvalue weighted by atomic mass is 10.8. The molecule has 0 amide bonds. The van der Waals surface area contributed by atoms with Crippen LogP contribution in [0.4, 0.5) is 32.6 Å². The van der Waals surface area contributed by atoms with Gasteiger partial charge in [-0.05, 0) is 15.9 Å². The molecule has 0 nitrogen and oxygen atoms in total. The van der Waals surface area contributed by atoms with E-state index in [2.05, 4.69) is 11.6 Å². The molecule has 0 saturated carbocycles. The van der Waals surface area contributed by atoms with Gasteiger partial charge in [0.25, 0.3) is 0 Å². The molecule has 0 aliphatic heterocycles. The highest BCUT2D eigenvalue weighted by Gasteiger charge is 2.89. The minimum absolute atomic E-state index is 0.985. The lowest BCUT2D eigenvalue weighted by molar-refractivity contribution is -0.0108. The number of rotatable bonds is 2. The zero-order valence-electron chi connectivity index (χ0n) is 5.19. The third kappa shape index (κ3) is 2.32. The van der Waals surface area contributed by atoms with Gasteiger partial charge in [0.1, 0.15) is 0 Å². The van der Waals surface area contributed by atoms with Crippen molar-refractivity contribution in [3.8, 4) is 0 Å². The smallest absolute Gasteiger partial charge is 0.205 e. The molecule has 0 radical (unpaired) electrons. The average Bonchev–Trinajstić information content (AvgIpc) is 1.52. The van der Waals surface area contributed by atoms with E-state index in [1.807, 2.05) is 0 Å². The van der Waals surface area contributed by atoms with E-state index in [0.717, 1.165) is 15.9 Å². The Morgan fingerprint density at radius 3 is 1.15 bits per heavy atom. The van der Waals surface area contributed by atoms with Crippen molar-refractivity contribution in [1.82, 2.24) is 0 Å². The summed E-state index contributed by atoms with van der Waals surface area (Å²) >= 11 is 4.80. The summed E-state index contributed by atoms with van der Waals surface area (Å²) in [6.07, 6.45) is 0. The Morgan fingerprint density at radius 1 is 0.923 bits per heavy atom. The van der Waals surface area contributed by atoms with Crippen molar-refractivity contribution < 1.29 is 32.6 Å². The second kappa shape index (κ2) is 2.21. The normalized spacial score (nSPS) is 24.5. The highest BCUT2D eigenvalue weighted by atomic mass is 79.9. The summed E-state index contributed by atoms with van der Waals surface area (Å²) in [5.41, 5.74) is 0. The van der Waals surface area contributed by atoms with Crippen molar-refractivity contribution in [2.24, 2.45) is 0 Å². The van der Waals surface area contributed by atoms with Crippen LogP contribution in [0.25, 0.3) is 0 Å². The Balaban J connectivity index is 5.60. The molecule has 0 aliphatic rings. The molecule has 11 heteroatoms. The van der Waals surface area contributed by atoms with Crippen LogP contribution in [-0.2, 0) is 0 Å². The molecule has 0 fully saturated rings. The molecule has 0 bridgehead atoms. The molecule has 1 atom stereocenters. The van der Waals surface area contributed by atoms with Crippen molar-refractivity contribution in [2.45, 2.75) is 9.29 Å². The first-order valence-corrected chi connectivity index (χ1v) is 5.29. The maximum Gasteiger partial charge on any atom is 0.438 e. The quantitative estimate of drug-likeness (QED) is 0.488. The van der Waals surface area contributed by atoms with Crippen molar-refractivity contribution in [3.63, 3.8) is 0 Å². The van der Waals surface area contributed by atoms with Gasteiger partial charge >= 0.3 is 19.5 Å². The van der Waals surface area contributed by atoms with E-state index in [-0.39, 0.29) is 0 Å². The number of hydrogen-bond acceptors (Lipinski definition) is 0. The van der Waals surface area contributed by atoms with Gasteiger partial charge in [-0.25, -0.2) is 4.39 Å². The molecule has 13 heavy (non-hydrogen) atoms. The highest BCUT2D eigenvalue weighted by Crippen LogP contribution is 3.06. The fourth-order valence-corrected chi connectivity index (χ4v) is 2.01. The van der Waals surface area contributed by atoms with E-state index >= 15 is 0 Å². The van der Waals surface area contributed by atoms with E-state index in [1.54, 1.807) is 0 Å². The highest BCUT2D eigenvalue weighted by molar-refractivity contribution is 9.10. The Morgan fingerprint density at radius 2 is 1.15 bits per heavy atom. The third-order valence-corrected chi connectivity index (χ3v) is 3.17. The predicted molar refractivity (Wildman–Crippen MR) is 36.7 cm³/mol. The van der Waals surface area contributed by atoms with Gasteiger partial charge in [0.15, 0.2) is 0 Å². The van der Waals surface area contributed by atoms with Gasteiger partial charge in [-0.1, -0.05) is 31.0 Å². The molecule has 0 heterocycles. The van der Waals surface area contributed by atoms with Gasteiger partial charge < -0.3 is 0 Å². The largest absolute Gasteiger partial charge is 0.438 e. The molecular weight excluding hydrogens is 323 g/mol. The van der Waals surface area contributed by atoms with Crippen LogP contribution < -0.4 is 0 Å². The van der Waals surface area contributed by atoms with Crippen LogP contribution in [0.1, 0.15) is 0 Å². The maximum atomic E-state index is 11.9. The molecule has 0 aromatic rings. The molecule has 0 spiro atoms. The summed E-state index contributed by atoms with van der Waals surface area (Å²) in [7, 11) is -11.3. The summed E-state index contributed by atoms with van der Waals surface area (Å²) in [6, 6.07) is 0. The first kappa shape index (κ1) is 13.6. The van der Waals surface area contributed by atoms with Crippen LogP contribution in [0.15, 0.2) is 0 Å². The van der Waals surface area contributed by atoms with Crippen LogP contribution in [0.5, 0.6) is 0 Å². The van der Waals surface area contributed by atoms with Gasteiger partial charge in [-0.2, -0.15) is 8.78 Å². The second-order valence-corrected chi connectivity index (χ2v) is 6.50. The summed E-state index contributed by atoms with van der Waals surface area (Å²) < 4.78 is 87.4. The maximum absolute atomic E-state index is 11.9. The molecule has 0 aliphatic carbocycles. The third-order valence-electron chi connectivity index (χ3n) is 0.814. The van der Waals surface area contributed by atoms with Crippen molar-refractivity contribution in [2.75, 3.05) is 0 Å². The second-order valence-electron chi connectivity index (χ2n) is 1.98. The number of alkyl halides is 5. The first-order chi connectivity index (χ1) is 5.00. The van der Waals surface area contributed by atoms with E-state index in [4.69, 9.17) is 0 Å². The Bertz CT molecular complexity index is 221. The summed E-state index contributed by atoms with van der Waals surface area (Å²) in [4.78, 5) is 0. The van der Waals surface area contributed by atoms with Crippen molar-refractivity contribution in [3.05, 3.63) is 0 Å². The molecule has 0 aromatic carbocycles. The average molecular weight is 323 g/mol. The summed E-state index contributed by atoms with van der Waals surface area (Å²) in [5.74, 6) is 0. The van der Waals surface area contributed by atoms with Crippen molar-refractivity contribution in [1.29, 1.82) is 0 Å². The van der Waals surface area contributed by atoms with Gasteiger partial charge in [-0.15, -0.1) is 0 Å². The zero-order chi connectivity index (χ0) is 11.4. The minimum Gasteiger partial charge on any atom is -0.205 e. The van der Waals surface area contributed by atoms with Crippen LogP contribution >= 0.6 is 37.8 Å². The minimum atomic E-state index is -11.3. The van der Waals surface area contributed by atoms with Gasteiger partial charge in [-0.3, -0.25) is 0 Å². The standard InChI is InChI=1S/C2BrClF8S/c3-1(4,5)2(6,7)13(8,9,10,11)12. The summed E-state index contributed by atoms with van der Waals surface area (Å²) in [5, 5.41) is -6.95. The molecule has 1 unspecified atom stereocenters. The lowest BCUT2D eigenvalue weighted by Crippen LogP contribution is -2.44. The van der Waals surface area contributed by atoms with Crippen LogP contribution in [0.3, 0.4) is 0 Å². The molecule has 0 aromatic heterocycles. The van der Waals surface area contributed by atoms with Crippen LogP contribution in [-0.4, -0.2) is 9.29 Å². The van der Waals surface area contributed by atoms with Gasteiger partial charge in [0, 0.05) is 0 Å². The van der Waals surface area contributed by atoms with Crippen LogP contribution in [0, 0.1) is 0 Å². The Hall–Kier alpha value is 0.560. The number of hydrogen-bond donors (Lipinski definition) is 0. The Kier molecular flexibility index (Phi) is 2.30. The molecule has 0 N–H and O–H groups in total. The van der Waals surface area contributed by atoms with Gasteiger partial charge in [0.2, 0.25) is 0 Å². The lowest BCUT2D eigenvalue weighted by Gasteiger charge is -2.47. The fourth-order valence-electron chi connectivity index (χ4n) is 0.219. The summed E-state index contributed by atoms with van der Waals surface area (Å²) in [6.45, 7) is 0. The van der Waals surface area contributed by atoms with E-state index in [9.17, 15) is 32.6 Å². The topological polar surface area (TPSA) is 0 Å². The number of halogens is 10. The SMILES string of the molecule is FC(Cl)(Br)C(F)(F)S(F)(F)(F)(F)F. The van der Waals surface area contributed by atoms with E-state index in [0.29, 0.717) is 0 Å². The Labute approximate surface area is 80.1 Å². The van der Waals surface area contributed by atoms with Crippen LogP contribution in [0.2, 0.25) is 0 Å². The zero-order valence-corrected chi connectivity index (χ0v) is 8.35. The van der Waals surface area contributed by atoms with Gasteiger partial charge in [0.05, 0.1) is 0 Å². The monoisotopic (exact) mass is 322 g/mol. The van der Waals surface area contributed by atoms with E-state index in [1.165, 1.54) is 0 Å². The first-order valence-electron chi connectivity index (χ1n) is 2.17. The van der Waals surface area contributed by atoms with Crippen molar-refractivity contribution >= 4 is 37.8 Å². The van der Waals surface area contributed by atoms with E-state index < -0.39 is 19.5 Å². The predicted octanol–water partition coefficient (Wildman–Crippen LogP) is 5.13.